The molecule has 0 bridgehead atoms. The summed E-state index contributed by atoms with van der Waals surface area (Å²) in [7, 11) is 1.58. The standard InChI is InChI=1S/C18H17ClN4O2S/c1-25-14-6-7-20-18(21-14)23-10-8-22(9-11-23)17(24)16-15(19)12-4-2-3-5-13(12)26-16/h2-7H,8-11H2,1H3. The molecule has 0 N–H and O–H groups in total. The zero-order valence-electron chi connectivity index (χ0n) is 14.2. The number of rotatable bonds is 3. The van der Waals surface area contributed by atoms with Crippen LogP contribution in [-0.2, 0) is 0 Å². The van der Waals surface area contributed by atoms with E-state index in [0.717, 1.165) is 10.1 Å². The third kappa shape index (κ3) is 3.08. The lowest BCUT2D eigenvalue weighted by Crippen LogP contribution is -2.49. The van der Waals surface area contributed by atoms with Gasteiger partial charge >= 0.3 is 0 Å². The number of nitrogens with zero attached hydrogens (tertiary/aromatic N) is 4. The first kappa shape index (κ1) is 17.1. The Hall–Kier alpha value is -2.38. The number of halogens is 1. The van der Waals surface area contributed by atoms with Gasteiger partial charge in [-0.3, -0.25) is 4.79 Å². The molecule has 0 aliphatic carbocycles. The molecule has 4 rings (SSSR count). The van der Waals surface area contributed by atoms with E-state index in [1.807, 2.05) is 29.2 Å². The summed E-state index contributed by atoms with van der Waals surface area (Å²) in [6, 6.07) is 9.54. The molecule has 134 valence electrons. The Morgan fingerprint density at radius 2 is 1.96 bits per heavy atom. The number of piperazine rings is 1. The van der Waals surface area contributed by atoms with Gasteiger partial charge in [0, 0.05) is 48.5 Å². The Bertz CT molecular complexity index is 953. The molecule has 0 spiro atoms. The SMILES string of the molecule is COc1ccnc(N2CCN(C(=O)c3sc4ccccc4c3Cl)CC2)n1. The number of thiophene rings is 1. The van der Waals surface area contributed by atoms with Crippen molar-refractivity contribution in [2.24, 2.45) is 0 Å². The molecule has 3 heterocycles. The van der Waals surface area contributed by atoms with E-state index in [9.17, 15) is 4.79 Å². The molecule has 8 heteroatoms. The molecule has 1 fully saturated rings. The minimum atomic E-state index is -0.0117. The molecule has 3 aromatic rings. The first-order chi connectivity index (χ1) is 12.7. The fourth-order valence-electron chi connectivity index (χ4n) is 3.00. The number of ether oxygens (including phenoxy) is 1. The highest BCUT2D eigenvalue weighted by molar-refractivity contribution is 7.21. The smallest absolute Gasteiger partial charge is 0.265 e. The first-order valence-corrected chi connectivity index (χ1v) is 9.45. The number of hydrogen-bond donors (Lipinski definition) is 0. The van der Waals surface area contributed by atoms with Gasteiger partial charge in [-0.25, -0.2) is 4.98 Å². The zero-order valence-corrected chi connectivity index (χ0v) is 15.8. The summed E-state index contributed by atoms with van der Waals surface area (Å²) >= 11 is 7.90. The Labute approximate surface area is 160 Å². The van der Waals surface area contributed by atoms with Crippen LogP contribution in [0.3, 0.4) is 0 Å². The van der Waals surface area contributed by atoms with Crippen LogP contribution in [0, 0.1) is 0 Å². The Morgan fingerprint density at radius 1 is 1.19 bits per heavy atom. The van der Waals surface area contributed by atoms with Crippen molar-refractivity contribution in [3.8, 4) is 5.88 Å². The van der Waals surface area contributed by atoms with E-state index >= 15 is 0 Å². The first-order valence-electron chi connectivity index (χ1n) is 8.25. The number of methoxy groups -OCH3 is 1. The van der Waals surface area contributed by atoms with Gasteiger partial charge < -0.3 is 14.5 Å². The number of carbonyl (C=O) groups is 1. The van der Waals surface area contributed by atoms with Crippen molar-refractivity contribution in [1.29, 1.82) is 0 Å². The minimum Gasteiger partial charge on any atom is -0.481 e. The topological polar surface area (TPSA) is 58.6 Å². The van der Waals surface area contributed by atoms with E-state index in [1.54, 1.807) is 19.4 Å². The number of benzene rings is 1. The highest BCUT2D eigenvalue weighted by Gasteiger charge is 2.27. The van der Waals surface area contributed by atoms with Crippen LogP contribution in [0.25, 0.3) is 10.1 Å². The largest absolute Gasteiger partial charge is 0.481 e. The molecular formula is C18H17ClN4O2S. The van der Waals surface area contributed by atoms with Crippen LogP contribution in [0.1, 0.15) is 9.67 Å². The molecule has 2 aromatic heterocycles. The molecule has 0 atom stereocenters. The van der Waals surface area contributed by atoms with E-state index in [4.69, 9.17) is 16.3 Å². The van der Waals surface area contributed by atoms with Crippen molar-refractivity contribution >= 4 is 44.9 Å². The molecule has 1 amide bonds. The van der Waals surface area contributed by atoms with Crippen molar-refractivity contribution < 1.29 is 9.53 Å². The highest BCUT2D eigenvalue weighted by atomic mass is 35.5. The van der Waals surface area contributed by atoms with E-state index in [1.165, 1.54) is 11.3 Å². The van der Waals surface area contributed by atoms with Gasteiger partial charge in [-0.05, 0) is 6.07 Å². The van der Waals surface area contributed by atoms with Crippen molar-refractivity contribution in [2.75, 3.05) is 38.2 Å². The lowest BCUT2D eigenvalue weighted by molar-refractivity contribution is 0.0751. The number of fused-ring (bicyclic) bond motifs is 1. The molecule has 0 radical (unpaired) electrons. The number of aromatic nitrogens is 2. The molecule has 26 heavy (non-hydrogen) atoms. The monoisotopic (exact) mass is 388 g/mol. The van der Waals surface area contributed by atoms with E-state index in [0.29, 0.717) is 47.9 Å². The predicted octanol–water partition coefficient (Wildman–Crippen LogP) is 3.32. The molecule has 6 nitrogen and oxygen atoms in total. The Balaban J connectivity index is 1.48. The maximum Gasteiger partial charge on any atom is 0.265 e. The van der Waals surface area contributed by atoms with E-state index in [2.05, 4.69) is 14.9 Å². The highest BCUT2D eigenvalue weighted by Crippen LogP contribution is 2.36. The van der Waals surface area contributed by atoms with Crippen LogP contribution in [0.4, 0.5) is 5.95 Å². The zero-order chi connectivity index (χ0) is 18.1. The summed E-state index contributed by atoms with van der Waals surface area (Å²) in [5, 5.41) is 1.49. The van der Waals surface area contributed by atoms with Crippen LogP contribution in [0.5, 0.6) is 5.88 Å². The fraction of sp³-hybridized carbons (Fsp3) is 0.278. The van der Waals surface area contributed by atoms with Crippen LogP contribution in [0.15, 0.2) is 36.5 Å². The van der Waals surface area contributed by atoms with Gasteiger partial charge in [0.15, 0.2) is 0 Å². The van der Waals surface area contributed by atoms with Gasteiger partial charge in [0.25, 0.3) is 5.91 Å². The van der Waals surface area contributed by atoms with Gasteiger partial charge in [-0.15, -0.1) is 11.3 Å². The second-order valence-electron chi connectivity index (χ2n) is 5.92. The van der Waals surface area contributed by atoms with Crippen LogP contribution in [-0.4, -0.2) is 54.1 Å². The van der Waals surface area contributed by atoms with E-state index in [-0.39, 0.29) is 5.91 Å². The van der Waals surface area contributed by atoms with Crippen molar-refractivity contribution in [2.45, 2.75) is 0 Å². The summed E-state index contributed by atoms with van der Waals surface area (Å²) < 4.78 is 6.18. The lowest BCUT2D eigenvalue weighted by atomic mass is 10.2. The summed E-state index contributed by atoms with van der Waals surface area (Å²) in [5.74, 6) is 1.14. The summed E-state index contributed by atoms with van der Waals surface area (Å²) in [5.41, 5.74) is 0. The van der Waals surface area contributed by atoms with Gasteiger partial charge in [-0.2, -0.15) is 4.98 Å². The lowest BCUT2D eigenvalue weighted by Gasteiger charge is -2.34. The molecule has 0 unspecified atom stereocenters. The van der Waals surface area contributed by atoms with Gasteiger partial charge in [0.05, 0.1) is 12.1 Å². The maximum absolute atomic E-state index is 12.9. The maximum atomic E-state index is 12.9. The molecule has 1 aliphatic rings. The summed E-state index contributed by atoms with van der Waals surface area (Å²) in [6.07, 6.45) is 1.68. The molecule has 0 saturated carbocycles. The third-order valence-corrected chi connectivity index (χ3v) is 6.07. The van der Waals surface area contributed by atoms with Gasteiger partial charge in [-0.1, -0.05) is 29.8 Å². The number of amides is 1. The normalized spacial score (nSPS) is 14.7. The second kappa shape index (κ2) is 7.09. The Morgan fingerprint density at radius 3 is 2.69 bits per heavy atom. The summed E-state index contributed by atoms with van der Waals surface area (Å²) in [4.78, 5) is 26.1. The Kier molecular flexibility index (Phi) is 4.65. The van der Waals surface area contributed by atoms with Crippen molar-refractivity contribution in [1.82, 2.24) is 14.9 Å². The van der Waals surface area contributed by atoms with Crippen LogP contribution in [0.2, 0.25) is 5.02 Å². The summed E-state index contributed by atoms with van der Waals surface area (Å²) in [6.45, 7) is 2.54. The molecule has 1 saturated heterocycles. The number of hydrogen-bond acceptors (Lipinski definition) is 6. The average Bonchev–Trinajstić information content (AvgIpc) is 3.04. The van der Waals surface area contributed by atoms with E-state index < -0.39 is 0 Å². The van der Waals surface area contributed by atoms with Crippen LogP contribution < -0.4 is 9.64 Å². The quantitative estimate of drug-likeness (QED) is 0.688. The van der Waals surface area contributed by atoms with Gasteiger partial charge in [0.1, 0.15) is 4.88 Å². The van der Waals surface area contributed by atoms with Crippen molar-refractivity contribution in [3.63, 3.8) is 0 Å². The number of anilines is 1. The third-order valence-electron chi connectivity index (χ3n) is 4.41. The second-order valence-corrected chi connectivity index (χ2v) is 7.35. The molecule has 1 aromatic carbocycles. The minimum absolute atomic E-state index is 0.0117. The van der Waals surface area contributed by atoms with Crippen molar-refractivity contribution in [3.05, 3.63) is 46.4 Å². The number of carbonyl (C=O) groups excluding carboxylic acids is 1. The predicted molar refractivity (Wildman–Crippen MR) is 104 cm³/mol. The average molecular weight is 389 g/mol. The van der Waals surface area contributed by atoms with Crippen LogP contribution >= 0.6 is 22.9 Å². The fourth-order valence-corrected chi connectivity index (χ4v) is 4.48. The molecular weight excluding hydrogens is 372 g/mol. The molecule has 1 aliphatic heterocycles. The van der Waals surface area contributed by atoms with Gasteiger partial charge in [0.2, 0.25) is 11.8 Å².